The van der Waals surface area contributed by atoms with Gasteiger partial charge in [0.15, 0.2) is 0 Å². The Bertz CT molecular complexity index is 1460. The van der Waals surface area contributed by atoms with Crippen molar-refractivity contribution >= 4 is 28.5 Å². The van der Waals surface area contributed by atoms with Gasteiger partial charge in [-0.05, 0) is 60.8 Å². The topological polar surface area (TPSA) is 88.7 Å². The number of anilines is 1. The van der Waals surface area contributed by atoms with Crippen LogP contribution in [0.15, 0.2) is 72.9 Å². The minimum atomic E-state index is -0.820. The molecule has 1 atom stereocenters. The molecule has 0 bridgehead atoms. The normalized spacial score (nSPS) is 14.9. The number of hydrogen-bond donors (Lipinski definition) is 3. The third-order valence-corrected chi connectivity index (χ3v) is 7.58. The number of aryl methyl sites for hydroxylation is 2. The van der Waals surface area contributed by atoms with E-state index in [9.17, 15) is 9.59 Å². The van der Waals surface area contributed by atoms with Crippen LogP contribution in [0.3, 0.4) is 0 Å². The molecule has 1 fully saturated rings. The van der Waals surface area contributed by atoms with Crippen molar-refractivity contribution in [3.8, 4) is 0 Å². The predicted molar refractivity (Wildman–Crippen MR) is 155 cm³/mol. The molecule has 7 nitrogen and oxygen atoms in total. The number of hydrogen-bond acceptors (Lipinski definition) is 4. The lowest BCUT2D eigenvalue weighted by Gasteiger charge is -2.36. The van der Waals surface area contributed by atoms with Crippen molar-refractivity contribution < 1.29 is 14.7 Å². The quantitative estimate of drug-likeness (QED) is 0.296. The summed E-state index contributed by atoms with van der Waals surface area (Å²) in [6.45, 7) is 6.02. The number of fused-ring (bicyclic) bond motifs is 1. The third-order valence-electron chi connectivity index (χ3n) is 7.58. The molecule has 0 radical (unpaired) electrons. The molecular weight excluding hydrogens is 488 g/mol. The first kappa shape index (κ1) is 26.5. The van der Waals surface area contributed by atoms with Crippen molar-refractivity contribution in [2.24, 2.45) is 0 Å². The minimum Gasteiger partial charge on any atom is -0.481 e. The van der Waals surface area contributed by atoms with Gasteiger partial charge in [0.2, 0.25) is 5.91 Å². The van der Waals surface area contributed by atoms with E-state index in [-0.39, 0.29) is 24.8 Å². The van der Waals surface area contributed by atoms with E-state index in [1.807, 2.05) is 42.6 Å². The molecule has 39 heavy (non-hydrogen) atoms. The van der Waals surface area contributed by atoms with Crippen molar-refractivity contribution in [1.29, 1.82) is 0 Å². The van der Waals surface area contributed by atoms with Crippen molar-refractivity contribution in [3.05, 3.63) is 101 Å². The number of H-pyrrole nitrogens is 1. The second kappa shape index (κ2) is 11.7. The molecule has 1 unspecified atom stereocenters. The number of nitrogens with one attached hydrogen (secondary N) is 2. The first-order valence-corrected chi connectivity index (χ1v) is 13.6. The zero-order chi connectivity index (χ0) is 27.4. The number of aromatic nitrogens is 1. The number of carbonyl (C=O) groups is 2. The van der Waals surface area contributed by atoms with Crippen LogP contribution >= 0.6 is 0 Å². The number of rotatable bonds is 9. The highest BCUT2D eigenvalue weighted by Crippen LogP contribution is 2.33. The Morgan fingerprint density at radius 3 is 2.51 bits per heavy atom. The molecule has 0 spiro atoms. The Labute approximate surface area is 229 Å². The van der Waals surface area contributed by atoms with Gasteiger partial charge in [-0.3, -0.25) is 9.59 Å². The highest BCUT2D eigenvalue weighted by atomic mass is 16.4. The number of aromatic amines is 1. The second-order valence-electron chi connectivity index (χ2n) is 10.5. The summed E-state index contributed by atoms with van der Waals surface area (Å²) >= 11 is 0. The van der Waals surface area contributed by atoms with E-state index < -0.39 is 5.97 Å². The van der Waals surface area contributed by atoms with Crippen LogP contribution in [-0.2, 0) is 22.4 Å². The molecule has 3 aromatic carbocycles. The molecule has 202 valence electrons. The van der Waals surface area contributed by atoms with E-state index in [1.54, 1.807) is 0 Å². The maximum Gasteiger partial charge on any atom is 0.303 e. The summed E-state index contributed by atoms with van der Waals surface area (Å²) in [5.41, 5.74) is 7.31. The summed E-state index contributed by atoms with van der Waals surface area (Å²) in [7, 11) is 2.15. The fourth-order valence-electron chi connectivity index (χ4n) is 5.39. The van der Waals surface area contributed by atoms with Gasteiger partial charge < -0.3 is 25.2 Å². The van der Waals surface area contributed by atoms with E-state index in [2.05, 4.69) is 64.4 Å². The number of aliphatic carboxylic acids is 1. The number of nitrogens with zero attached hydrogens (tertiary/aromatic N) is 2. The lowest BCUT2D eigenvalue weighted by Crippen LogP contribution is -2.45. The number of carboxylic acids is 1. The molecule has 4 aromatic rings. The van der Waals surface area contributed by atoms with Crippen molar-refractivity contribution in [2.45, 2.75) is 32.2 Å². The zero-order valence-corrected chi connectivity index (χ0v) is 22.6. The largest absolute Gasteiger partial charge is 0.481 e. The van der Waals surface area contributed by atoms with E-state index in [0.717, 1.165) is 59.3 Å². The van der Waals surface area contributed by atoms with Crippen LogP contribution in [0.5, 0.6) is 0 Å². The monoisotopic (exact) mass is 524 g/mol. The Balaban J connectivity index is 1.41. The first-order valence-electron chi connectivity index (χ1n) is 13.6. The predicted octanol–water partition coefficient (Wildman–Crippen LogP) is 4.69. The second-order valence-corrected chi connectivity index (χ2v) is 10.5. The van der Waals surface area contributed by atoms with Gasteiger partial charge in [-0.25, -0.2) is 0 Å². The van der Waals surface area contributed by atoms with Crippen LogP contribution in [-0.4, -0.2) is 60.1 Å². The summed E-state index contributed by atoms with van der Waals surface area (Å²) < 4.78 is 0. The summed E-state index contributed by atoms with van der Waals surface area (Å²) in [5, 5.41) is 13.4. The summed E-state index contributed by atoms with van der Waals surface area (Å²) in [6.07, 6.45) is 2.62. The highest BCUT2D eigenvalue weighted by molar-refractivity contribution is 5.87. The van der Waals surface area contributed by atoms with Crippen LogP contribution in [0, 0.1) is 6.92 Å². The lowest BCUT2D eigenvalue weighted by atomic mass is 9.94. The number of benzene rings is 3. The maximum absolute atomic E-state index is 13.5. The fourth-order valence-corrected chi connectivity index (χ4v) is 5.39. The Hall–Kier alpha value is -4.10. The van der Waals surface area contributed by atoms with E-state index in [4.69, 9.17) is 5.11 Å². The molecule has 7 heteroatoms. The molecule has 0 saturated carbocycles. The van der Waals surface area contributed by atoms with Crippen molar-refractivity contribution in [1.82, 2.24) is 15.2 Å². The van der Waals surface area contributed by atoms with Gasteiger partial charge in [-0.15, -0.1) is 0 Å². The Morgan fingerprint density at radius 2 is 1.77 bits per heavy atom. The minimum absolute atomic E-state index is 0.0595. The summed E-state index contributed by atoms with van der Waals surface area (Å²) in [6, 6.07) is 22.3. The van der Waals surface area contributed by atoms with Gasteiger partial charge in [0.05, 0.1) is 12.5 Å². The van der Waals surface area contributed by atoms with Crippen LogP contribution in [0.2, 0.25) is 0 Å². The van der Waals surface area contributed by atoms with Crippen LogP contribution < -0.4 is 10.2 Å². The van der Waals surface area contributed by atoms with Gasteiger partial charge in [0.1, 0.15) is 0 Å². The smallest absolute Gasteiger partial charge is 0.303 e. The molecule has 0 aliphatic carbocycles. The molecule has 5 rings (SSSR count). The molecular formula is C32H36N4O3. The summed E-state index contributed by atoms with van der Waals surface area (Å²) in [5.74, 6) is -0.880. The Morgan fingerprint density at radius 1 is 1.00 bits per heavy atom. The van der Waals surface area contributed by atoms with Gasteiger partial charge in [-0.1, -0.05) is 48.5 Å². The molecule has 2 heterocycles. The number of amides is 1. The SMILES string of the molecule is Cc1ccc(C(NC(=O)Cc2ccc3[nH]cc(CCC(=O)O)c3c2)c2ccccc2)c(N2CCN(C)CC2)c1. The summed E-state index contributed by atoms with van der Waals surface area (Å²) in [4.78, 5) is 32.6. The van der Waals surface area contributed by atoms with Gasteiger partial charge in [0, 0.05) is 61.0 Å². The van der Waals surface area contributed by atoms with Gasteiger partial charge in [-0.2, -0.15) is 0 Å². The third kappa shape index (κ3) is 6.32. The first-order chi connectivity index (χ1) is 18.9. The van der Waals surface area contributed by atoms with E-state index in [0.29, 0.717) is 6.42 Å². The van der Waals surface area contributed by atoms with E-state index in [1.165, 1.54) is 11.3 Å². The van der Waals surface area contributed by atoms with Gasteiger partial charge >= 0.3 is 5.97 Å². The molecule has 1 aliphatic heterocycles. The van der Waals surface area contributed by atoms with E-state index >= 15 is 0 Å². The molecule has 1 aromatic heterocycles. The molecule has 3 N–H and O–H groups in total. The number of piperazine rings is 1. The van der Waals surface area contributed by atoms with Crippen molar-refractivity contribution in [2.75, 3.05) is 38.1 Å². The van der Waals surface area contributed by atoms with Crippen molar-refractivity contribution in [3.63, 3.8) is 0 Å². The standard InChI is InChI=1S/C32H36N4O3/c1-22-8-11-26(29(18-22)36-16-14-35(2)15-17-36)32(24-6-4-3-5-7-24)34-30(37)20-23-9-12-28-27(19-23)25(21-33-28)10-13-31(38)39/h3-9,11-12,18-19,21,32-33H,10,13-17,20H2,1-2H3,(H,34,37)(H,38,39). The molecule has 1 saturated heterocycles. The number of likely N-dealkylation sites (N-methyl/N-ethyl adjacent to an activating group) is 1. The van der Waals surface area contributed by atoms with Gasteiger partial charge in [0.25, 0.3) is 0 Å². The van der Waals surface area contributed by atoms with Crippen LogP contribution in [0.4, 0.5) is 5.69 Å². The fraction of sp³-hybridized carbons (Fsp3) is 0.312. The number of carboxylic acid groups (broad SMARTS) is 1. The maximum atomic E-state index is 13.5. The van der Waals surface area contributed by atoms with Crippen LogP contribution in [0.25, 0.3) is 10.9 Å². The molecule has 1 amide bonds. The average molecular weight is 525 g/mol. The highest BCUT2D eigenvalue weighted by Gasteiger charge is 2.24. The lowest BCUT2D eigenvalue weighted by molar-refractivity contribution is -0.137. The Kier molecular flexibility index (Phi) is 7.98. The van der Waals surface area contributed by atoms with Crippen LogP contribution in [0.1, 0.15) is 40.3 Å². The zero-order valence-electron chi connectivity index (χ0n) is 22.6. The molecule has 1 aliphatic rings. The number of carbonyl (C=O) groups excluding carboxylic acids is 1. The average Bonchev–Trinajstić information content (AvgIpc) is 3.34.